The standard InChI is InChI=1S/C17H20N2O5/c1-23-16(21)14-13(15(14)17(22)24-2)11(8-18)19-12(9-20)10-6-4-3-5-7-10/h3-7,11-15,19-20H,9H2,1-2H3/t11-,12+,14-,15-/m1/s1/i13T. The predicted molar refractivity (Wildman–Crippen MR) is 83.3 cm³/mol. The van der Waals surface area contributed by atoms with E-state index in [4.69, 9.17) is 1.37 Å². The first-order chi connectivity index (χ1) is 11.9. The number of nitriles is 1. The summed E-state index contributed by atoms with van der Waals surface area (Å²) >= 11 is 0. The SMILES string of the molecule is [3H]C1([C@@H](C#N)N[C@@H](CO)c2ccccc2)[C@@H](C(=O)OC)[C@@H]1C(=O)OC. The summed E-state index contributed by atoms with van der Waals surface area (Å²) in [6.45, 7) is -0.315. The Morgan fingerprint density at radius 2 is 1.83 bits per heavy atom. The summed E-state index contributed by atoms with van der Waals surface area (Å²) in [6.07, 6.45) is 0. The first-order valence-electron chi connectivity index (χ1n) is 7.92. The quantitative estimate of drug-likeness (QED) is 0.695. The van der Waals surface area contributed by atoms with Gasteiger partial charge in [0.05, 0.1) is 44.8 Å². The van der Waals surface area contributed by atoms with Crippen LogP contribution >= 0.6 is 0 Å². The van der Waals surface area contributed by atoms with E-state index in [0.29, 0.717) is 0 Å². The highest BCUT2D eigenvalue weighted by molar-refractivity contribution is 5.88. The summed E-state index contributed by atoms with van der Waals surface area (Å²) in [6, 6.07) is 9.03. The van der Waals surface area contributed by atoms with E-state index < -0.39 is 41.8 Å². The first-order valence-corrected chi connectivity index (χ1v) is 7.42. The lowest BCUT2D eigenvalue weighted by Gasteiger charge is -2.20. The highest BCUT2D eigenvalue weighted by Crippen LogP contribution is 2.50. The van der Waals surface area contributed by atoms with Gasteiger partial charge in [-0.05, 0) is 5.56 Å². The Labute approximate surface area is 141 Å². The van der Waals surface area contributed by atoms with Crippen molar-refractivity contribution in [2.75, 3.05) is 20.8 Å². The lowest BCUT2D eigenvalue weighted by Crippen LogP contribution is -2.36. The number of benzene rings is 1. The van der Waals surface area contributed by atoms with E-state index >= 15 is 0 Å². The van der Waals surface area contributed by atoms with Gasteiger partial charge in [0, 0.05) is 7.26 Å². The van der Waals surface area contributed by atoms with Gasteiger partial charge in [0.2, 0.25) is 0 Å². The molecule has 0 bridgehead atoms. The lowest BCUT2D eigenvalue weighted by molar-refractivity contribution is -0.148. The van der Waals surface area contributed by atoms with Gasteiger partial charge in [0.15, 0.2) is 0 Å². The molecule has 0 unspecified atom stereocenters. The molecule has 0 radical (unpaired) electrons. The van der Waals surface area contributed by atoms with E-state index in [0.717, 1.165) is 19.8 Å². The molecule has 1 aromatic carbocycles. The van der Waals surface area contributed by atoms with Crippen molar-refractivity contribution in [3.8, 4) is 6.07 Å². The van der Waals surface area contributed by atoms with Gasteiger partial charge in [-0.2, -0.15) is 5.26 Å². The number of nitrogens with zero attached hydrogens (tertiary/aromatic N) is 1. The van der Waals surface area contributed by atoms with E-state index in [9.17, 15) is 20.0 Å². The van der Waals surface area contributed by atoms with Crippen LogP contribution in [0.3, 0.4) is 0 Å². The third kappa shape index (κ3) is 3.55. The predicted octanol–water partition coefficient (Wildman–Crippen LogP) is 0.410. The Balaban J connectivity index is 2.27. The van der Waals surface area contributed by atoms with E-state index in [1.165, 1.54) is 0 Å². The number of carbonyl (C=O) groups excluding carboxylic acids is 2. The zero-order valence-electron chi connectivity index (χ0n) is 14.4. The summed E-state index contributed by atoms with van der Waals surface area (Å²) in [5, 5.41) is 22.0. The minimum absolute atomic E-state index is 0.315. The van der Waals surface area contributed by atoms with Crippen LogP contribution in [0, 0.1) is 29.1 Å². The van der Waals surface area contributed by atoms with E-state index in [-0.39, 0.29) is 6.61 Å². The van der Waals surface area contributed by atoms with Gasteiger partial charge in [0.1, 0.15) is 6.04 Å². The molecule has 1 aromatic rings. The molecule has 1 aliphatic carbocycles. The average Bonchev–Trinajstić information content (AvgIpc) is 3.28. The number of esters is 2. The molecule has 1 saturated carbocycles. The number of nitrogens with one attached hydrogen (secondary N) is 1. The maximum Gasteiger partial charge on any atom is 0.309 e. The van der Waals surface area contributed by atoms with Crippen molar-refractivity contribution in [3.63, 3.8) is 0 Å². The second kappa shape index (κ2) is 7.90. The number of rotatable bonds is 7. The molecule has 0 spiro atoms. The molecule has 4 atom stereocenters. The van der Waals surface area contributed by atoms with Crippen molar-refractivity contribution in [1.82, 2.24) is 5.32 Å². The van der Waals surface area contributed by atoms with Gasteiger partial charge in [-0.15, -0.1) is 0 Å². The summed E-state index contributed by atoms with van der Waals surface area (Å²) in [7, 11) is 2.31. The number of aliphatic hydroxyl groups is 1. The van der Waals surface area contributed by atoms with Gasteiger partial charge < -0.3 is 14.6 Å². The maximum atomic E-state index is 11.9. The van der Waals surface area contributed by atoms with E-state index in [2.05, 4.69) is 14.8 Å². The number of aliphatic hydroxyl groups excluding tert-OH is 1. The minimum atomic E-state index is -1.73. The monoisotopic (exact) mass is 334 g/mol. The fourth-order valence-corrected chi connectivity index (χ4v) is 2.79. The molecule has 0 heterocycles. The second-order valence-electron chi connectivity index (χ2n) is 5.38. The van der Waals surface area contributed by atoms with Gasteiger partial charge in [-0.3, -0.25) is 14.9 Å². The Kier molecular flexibility index (Phi) is 5.41. The van der Waals surface area contributed by atoms with Crippen LogP contribution in [-0.4, -0.2) is 43.9 Å². The topological polar surface area (TPSA) is 109 Å². The zero-order valence-corrected chi connectivity index (χ0v) is 13.4. The lowest BCUT2D eigenvalue weighted by atomic mass is 10.0. The normalized spacial score (nSPS) is 28.0. The summed E-state index contributed by atoms with van der Waals surface area (Å²) in [4.78, 5) is 23.9. The van der Waals surface area contributed by atoms with Crippen molar-refractivity contribution >= 4 is 11.9 Å². The number of methoxy groups -OCH3 is 2. The minimum Gasteiger partial charge on any atom is -0.469 e. The largest absolute Gasteiger partial charge is 0.469 e. The highest BCUT2D eigenvalue weighted by atomic mass is 16.5. The molecule has 2 rings (SSSR count). The Morgan fingerprint density at radius 1 is 1.29 bits per heavy atom. The van der Waals surface area contributed by atoms with Gasteiger partial charge in [-0.25, -0.2) is 0 Å². The molecule has 7 nitrogen and oxygen atoms in total. The first kappa shape index (κ1) is 16.4. The molecule has 0 aliphatic heterocycles. The van der Waals surface area contributed by atoms with Gasteiger partial charge in [-0.1, -0.05) is 30.3 Å². The third-order valence-corrected chi connectivity index (χ3v) is 4.07. The fourth-order valence-electron chi connectivity index (χ4n) is 2.79. The molecular formula is C17H20N2O5. The Morgan fingerprint density at radius 3 is 2.25 bits per heavy atom. The molecule has 24 heavy (non-hydrogen) atoms. The number of carbonyl (C=O) groups is 2. The van der Waals surface area contributed by atoms with Crippen LogP contribution in [0.4, 0.5) is 0 Å². The van der Waals surface area contributed by atoms with Gasteiger partial charge in [0.25, 0.3) is 0 Å². The van der Waals surface area contributed by atoms with Crippen LogP contribution in [0.1, 0.15) is 13.0 Å². The van der Waals surface area contributed by atoms with Crippen molar-refractivity contribution in [2.45, 2.75) is 12.1 Å². The molecule has 0 aromatic heterocycles. The van der Waals surface area contributed by atoms with Crippen LogP contribution in [-0.2, 0) is 19.1 Å². The molecule has 1 aliphatic rings. The van der Waals surface area contributed by atoms with Crippen molar-refractivity contribution in [2.24, 2.45) is 17.7 Å². The number of hydrogen-bond acceptors (Lipinski definition) is 7. The van der Waals surface area contributed by atoms with Crippen LogP contribution in [0.15, 0.2) is 30.3 Å². The molecule has 7 heteroatoms. The average molecular weight is 334 g/mol. The van der Waals surface area contributed by atoms with E-state index in [1.54, 1.807) is 24.3 Å². The van der Waals surface area contributed by atoms with Crippen molar-refractivity contribution in [3.05, 3.63) is 35.9 Å². The van der Waals surface area contributed by atoms with E-state index in [1.807, 2.05) is 12.1 Å². The molecular weight excluding hydrogens is 312 g/mol. The highest BCUT2D eigenvalue weighted by Gasteiger charge is 2.64. The van der Waals surface area contributed by atoms with Crippen LogP contribution in [0.2, 0.25) is 0 Å². The van der Waals surface area contributed by atoms with Crippen molar-refractivity contribution < 1.29 is 25.5 Å². The Bertz CT molecular complexity index is 653. The smallest absolute Gasteiger partial charge is 0.309 e. The van der Waals surface area contributed by atoms with Crippen molar-refractivity contribution in [1.29, 1.82) is 5.26 Å². The fraction of sp³-hybridized carbons (Fsp3) is 0.471. The summed E-state index contributed by atoms with van der Waals surface area (Å²) in [5.41, 5.74) is 0.721. The molecule has 0 amide bonds. The molecule has 128 valence electrons. The van der Waals surface area contributed by atoms with Crippen LogP contribution < -0.4 is 5.32 Å². The molecule has 0 saturated heterocycles. The number of ether oxygens (including phenoxy) is 2. The third-order valence-electron chi connectivity index (χ3n) is 4.07. The Hall–Kier alpha value is -2.43. The maximum absolute atomic E-state index is 11.9. The van der Waals surface area contributed by atoms with Crippen LogP contribution in [0.5, 0.6) is 0 Å². The summed E-state index contributed by atoms with van der Waals surface area (Å²) < 4.78 is 17.8. The van der Waals surface area contributed by atoms with Crippen LogP contribution in [0.25, 0.3) is 0 Å². The molecule has 1 fully saturated rings. The number of hydrogen-bond donors (Lipinski definition) is 2. The van der Waals surface area contributed by atoms with Gasteiger partial charge >= 0.3 is 11.9 Å². The zero-order chi connectivity index (χ0) is 18.6. The molecule has 2 N–H and O–H groups in total. The second-order valence-corrected chi connectivity index (χ2v) is 5.38. The summed E-state index contributed by atoms with van der Waals surface area (Å²) in [5.74, 6) is -5.41.